The Bertz CT molecular complexity index is 786. The number of nitrogens with one attached hydrogen (secondary N) is 1. The fraction of sp³-hybridized carbons (Fsp3) is 0.214. The van der Waals surface area contributed by atoms with E-state index in [1.165, 1.54) is 0 Å². The summed E-state index contributed by atoms with van der Waals surface area (Å²) in [5.41, 5.74) is 1.93. The monoisotopic (exact) mass is 287 g/mol. The van der Waals surface area contributed by atoms with Crippen molar-refractivity contribution < 1.29 is 9.13 Å². The fourth-order valence-corrected chi connectivity index (χ4v) is 2.13. The molecule has 3 aromatic rings. The van der Waals surface area contributed by atoms with Gasteiger partial charge in [0.05, 0.1) is 13.4 Å². The number of nitrogens with zero attached hydrogens (tertiary/aromatic N) is 4. The lowest BCUT2D eigenvalue weighted by atomic mass is 10.2. The molecule has 21 heavy (non-hydrogen) atoms. The van der Waals surface area contributed by atoms with Crippen molar-refractivity contribution in [3.8, 4) is 5.75 Å². The number of hydrogen-bond donors (Lipinski definition) is 1. The van der Waals surface area contributed by atoms with Crippen LogP contribution in [0, 0.1) is 6.08 Å². The molecule has 0 atom stereocenters. The normalized spacial score (nSPS) is 10.8. The van der Waals surface area contributed by atoms with Crippen LogP contribution in [0.1, 0.15) is 5.56 Å². The summed E-state index contributed by atoms with van der Waals surface area (Å²) in [5, 5.41) is 3.09. The van der Waals surface area contributed by atoms with Crippen LogP contribution in [0.5, 0.6) is 5.75 Å². The van der Waals surface area contributed by atoms with E-state index in [0.717, 1.165) is 11.3 Å². The van der Waals surface area contributed by atoms with Crippen molar-refractivity contribution in [3.63, 3.8) is 0 Å². The Morgan fingerprint density at radius 3 is 2.90 bits per heavy atom. The number of para-hydroxylation sites is 1. The lowest BCUT2D eigenvalue weighted by molar-refractivity contribution is 0.410. The maximum Gasteiger partial charge on any atom is 0.312 e. The van der Waals surface area contributed by atoms with Gasteiger partial charge in [0.2, 0.25) is 0 Å². The summed E-state index contributed by atoms with van der Waals surface area (Å²) in [6.07, 6.45) is 0.793. The number of hydrogen-bond acceptors (Lipinski definition) is 5. The van der Waals surface area contributed by atoms with Crippen LogP contribution in [0.4, 0.5) is 10.2 Å². The molecule has 0 spiro atoms. The first-order chi connectivity index (χ1) is 10.2. The van der Waals surface area contributed by atoms with Crippen molar-refractivity contribution in [1.29, 1.82) is 0 Å². The van der Waals surface area contributed by atoms with Gasteiger partial charge in [0.15, 0.2) is 17.0 Å². The molecular weight excluding hydrogens is 273 g/mol. The maximum atomic E-state index is 13.5. The number of fused-ring (bicyclic) bond motifs is 1. The van der Waals surface area contributed by atoms with E-state index < -0.39 is 6.08 Å². The molecule has 0 radical (unpaired) electrons. The minimum atomic E-state index is -0.784. The predicted octanol–water partition coefficient (Wildman–Crippen LogP) is 2.12. The number of benzene rings is 1. The van der Waals surface area contributed by atoms with Crippen LogP contribution in [0.15, 0.2) is 30.6 Å². The van der Waals surface area contributed by atoms with Gasteiger partial charge in [-0.05, 0) is 6.07 Å². The SMILES string of the molecule is COc1ccccc1CNc1nc(F)nc2c1ncn2C. The summed E-state index contributed by atoms with van der Waals surface area (Å²) >= 11 is 0. The Morgan fingerprint density at radius 2 is 2.10 bits per heavy atom. The highest BCUT2D eigenvalue weighted by atomic mass is 19.1. The minimum absolute atomic E-state index is 0.365. The van der Waals surface area contributed by atoms with E-state index >= 15 is 0 Å². The molecule has 0 aliphatic carbocycles. The zero-order valence-corrected chi connectivity index (χ0v) is 11.7. The van der Waals surface area contributed by atoms with E-state index in [1.807, 2.05) is 24.3 Å². The molecule has 2 aromatic heterocycles. The molecule has 0 aliphatic heterocycles. The molecule has 108 valence electrons. The van der Waals surface area contributed by atoms with Crippen LogP contribution >= 0.6 is 0 Å². The Hall–Kier alpha value is -2.70. The number of imidazole rings is 1. The van der Waals surface area contributed by atoms with E-state index in [9.17, 15) is 4.39 Å². The van der Waals surface area contributed by atoms with Gasteiger partial charge in [-0.25, -0.2) is 4.98 Å². The van der Waals surface area contributed by atoms with Crippen molar-refractivity contribution >= 4 is 17.0 Å². The zero-order valence-electron chi connectivity index (χ0n) is 11.7. The molecule has 1 aromatic carbocycles. The van der Waals surface area contributed by atoms with Crippen molar-refractivity contribution in [1.82, 2.24) is 19.5 Å². The van der Waals surface area contributed by atoms with Crippen LogP contribution in [-0.4, -0.2) is 26.6 Å². The molecule has 0 saturated heterocycles. The molecule has 2 heterocycles. The molecule has 0 saturated carbocycles. The molecule has 7 heteroatoms. The van der Waals surface area contributed by atoms with E-state index in [0.29, 0.717) is 23.5 Å². The maximum absolute atomic E-state index is 13.5. The third kappa shape index (κ3) is 2.49. The molecule has 3 rings (SSSR count). The third-order valence-electron chi connectivity index (χ3n) is 3.17. The summed E-state index contributed by atoms with van der Waals surface area (Å²) < 4.78 is 20.4. The highest BCUT2D eigenvalue weighted by molar-refractivity contribution is 5.82. The molecule has 0 fully saturated rings. The average molecular weight is 287 g/mol. The van der Waals surface area contributed by atoms with Gasteiger partial charge in [0.1, 0.15) is 5.75 Å². The smallest absolute Gasteiger partial charge is 0.312 e. The summed E-state index contributed by atoms with van der Waals surface area (Å²) in [5.74, 6) is 1.13. The standard InChI is InChI=1S/C14H14FN5O/c1-20-8-17-11-12(18-14(15)19-13(11)20)16-7-9-5-3-4-6-10(9)21-2/h3-6,8H,7H2,1-2H3,(H,16,18,19). The van der Waals surface area contributed by atoms with E-state index in [4.69, 9.17) is 4.74 Å². The Balaban J connectivity index is 1.92. The van der Waals surface area contributed by atoms with Crippen molar-refractivity contribution in [2.75, 3.05) is 12.4 Å². The van der Waals surface area contributed by atoms with E-state index in [1.54, 1.807) is 25.1 Å². The number of halogens is 1. The first-order valence-electron chi connectivity index (χ1n) is 6.39. The van der Waals surface area contributed by atoms with Crippen molar-refractivity contribution in [2.24, 2.45) is 7.05 Å². The van der Waals surface area contributed by atoms with E-state index in [-0.39, 0.29) is 0 Å². The zero-order chi connectivity index (χ0) is 14.8. The van der Waals surface area contributed by atoms with Crippen molar-refractivity contribution in [2.45, 2.75) is 6.54 Å². The highest BCUT2D eigenvalue weighted by Gasteiger charge is 2.12. The van der Waals surface area contributed by atoms with Gasteiger partial charge in [-0.15, -0.1) is 0 Å². The minimum Gasteiger partial charge on any atom is -0.496 e. The number of aryl methyl sites for hydroxylation is 1. The molecule has 0 aliphatic rings. The van der Waals surface area contributed by atoms with Gasteiger partial charge >= 0.3 is 6.08 Å². The van der Waals surface area contributed by atoms with Crippen LogP contribution in [-0.2, 0) is 13.6 Å². The summed E-state index contributed by atoms with van der Waals surface area (Å²) in [7, 11) is 3.37. The number of methoxy groups -OCH3 is 1. The van der Waals surface area contributed by atoms with Crippen LogP contribution in [0.25, 0.3) is 11.2 Å². The first-order valence-corrected chi connectivity index (χ1v) is 6.39. The van der Waals surface area contributed by atoms with Gasteiger partial charge in [0.25, 0.3) is 0 Å². The summed E-state index contributed by atoms with van der Waals surface area (Å²) in [6, 6.07) is 7.60. The molecule has 1 N–H and O–H groups in total. The Morgan fingerprint density at radius 1 is 1.29 bits per heavy atom. The molecule has 0 bridgehead atoms. The Kier molecular flexibility index (Phi) is 3.39. The average Bonchev–Trinajstić information content (AvgIpc) is 2.86. The van der Waals surface area contributed by atoms with Crippen molar-refractivity contribution in [3.05, 3.63) is 42.2 Å². The number of anilines is 1. The third-order valence-corrected chi connectivity index (χ3v) is 3.17. The van der Waals surface area contributed by atoms with E-state index in [2.05, 4.69) is 20.3 Å². The highest BCUT2D eigenvalue weighted by Crippen LogP contribution is 2.21. The lowest BCUT2D eigenvalue weighted by Gasteiger charge is -2.10. The largest absolute Gasteiger partial charge is 0.496 e. The second-order valence-electron chi connectivity index (χ2n) is 4.53. The predicted molar refractivity (Wildman–Crippen MR) is 76.6 cm³/mol. The second kappa shape index (κ2) is 5.35. The quantitative estimate of drug-likeness (QED) is 0.745. The van der Waals surface area contributed by atoms with Crippen LogP contribution < -0.4 is 10.1 Å². The topological polar surface area (TPSA) is 64.9 Å². The summed E-state index contributed by atoms with van der Waals surface area (Å²) in [6.45, 7) is 0.451. The van der Waals surface area contributed by atoms with Gasteiger partial charge < -0.3 is 14.6 Å². The first kappa shape index (κ1) is 13.3. The molecule has 6 nitrogen and oxygen atoms in total. The molecule has 0 unspecified atom stereocenters. The van der Waals surface area contributed by atoms with Gasteiger partial charge in [-0.2, -0.15) is 14.4 Å². The number of ether oxygens (including phenoxy) is 1. The lowest BCUT2D eigenvalue weighted by Crippen LogP contribution is -2.06. The number of rotatable bonds is 4. The molecule has 0 amide bonds. The van der Waals surface area contributed by atoms with Gasteiger partial charge in [0, 0.05) is 19.2 Å². The van der Waals surface area contributed by atoms with Gasteiger partial charge in [-0.3, -0.25) is 0 Å². The molecular formula is C14H14FN5O. The second-order valence-corrected chi connectivity index (χ2v) is 4.53. The number of aromatic nitrogens is 4. The van der Waals surface area contributed by atoms with Gasteiger partial charge in [-0.1, -0.05) is 18.2 Å². The Labute approximate surface area is 120 Å². The summed E-state index contributed by atoms with van der Waals surface area (Å²) in [4.78, 5) is 11.7. The van der Waals surface area contributed by atoms with Crippen LogP contribution in [0.3, 0.4) is 0 Å². The van der Waals surface area contributed by atoms with Crippen LogP contribution in [0.2, 0.25) is 0 Å². The fourth-order valence-electron chi connectivity index (χ4n) is 2.13.